The fourth-order valence-electron chi connectivity index (χ4n) is 4.14. The molecule has 3 aliphatic rings. The predicted molar refractivity (Wildman–Crippen MR) is 102 cm³/mol. The lowest BCUT2D eigenvalue weighted by molar-refractivity contribution is 0.0930. The van der Waals surface area contributed by atoms with Gasteiger partial charge in [-0.2, -0.15) is 0 Å². The number of ether oxygens (including phenoxy) is 4. The molecule has 1 unspecified atom stereocenters. The van der Waals surface area contributed by atoms with Crippen LogP contribution in [0.1, 0.15) is 54.1 Å². The molecule has 2 aliphatic heterocycles. The van der Waals surface area contributed by atoms with E-state index in [1.165, 1.54) is 19.3 Å². The molecule has 6 heteroatoms. The van der Waals surface area contributed by atoms with Crippen molar-refractivity contribution in [1.29, 1.82) is 0 Å². The highest BCUT2D eigenvalue weighted by molar-refractivity contribution is 6.01. The summed E-state index contributed by atoms with van der Waals surface area (Å²) in [5.41, 5.74) is 1.49. The third-order valence-corrected chi connectivity index (χ3v) is 5.66. The van der Waals surface area contributed by atoms with Gasteiger partial charge >= 0.3 is 0 Å². The molecule has 28 heavy (non-hydrogen) atoms. The first-order valence-electron chi connectivity index (χ1n) is 9.87. The molecule has 146 valence electrons. The minimum Gasteiger partial charge on any atom is -0.454 e. The van der Waals surface area contributed by atoms with E-state index in [1.54, 1.807) is 18.2 Å². The number of rotatable bonds is 5. The number of fused-ring (bicyclic) bond motifs is 2. The van der Waals surface area contributed by atoms with Gasteiger partial charge < -0.3 is 24.3 Å². The predicted octanol–water partition coefficient (Wildman–Crippen LogP) is 3.99. The summed E-state index contributed by atoms with van der Waals surface area (Å²) in [6, 6.07) is 11.0. The Labute approximate surface area is 163 Å². The second-order valence-corrected chi connectivity index (χ2v) is 7.48. The summed E-state index contributed by atoms with van der Waals surface area (Å²) in [6.07, 6.45) is 5.85. The topological polar surface area (TPSA) is 66.0 Å². The summed E-state index contributed by atoms with van der Waals surface area (Å²) in [4.78, 5) is 13.5. The highest BCUT2D eigenvalue weighted by Gasteiger charge is 2.29. The van der Waals surface area contributed by atoms with Crippen LogP contribution in [0, 0.1) is 0 Å². The van der Waals surface area contributed by atoms with Crippen LogP contribution in [-0.2, 0) is 0 Å². The van der Waals surface area contributed by atoms with Crippen LogP contribution in [0.4, 0.5) is 0 Å². The average Bonchev–Trinajstić information content (AvgIpc) is 3.40. The number of hydrogen-bond donors (Lipinski definition) is 1. The maximum atomic E-state index is 13.5. The van der Waals surface area contributed by atoms with Crippen molar-refractivity contribution in [1.82, 2.24) is 5.32 Å². The van der Waals surface area contributed by atoms with Crippen molar-refractivity contribution < 1.29 is 23.7 Å². The van der Waals surface area contributed by atoms with Crippen LogP contribution in [0.25, 0.3) is 0 Å². The second kappa shape index (κ2) is 7.36. The molecule has 0 amide bonds. The van der Waals surface area contributed by atoms with Crippen LogP contribution in [0.15, 0.2) is 36.4 Å². The van der Waals surface area contributed by atoms with Gasteiger partial charge in [-0.15, -0.1) is 0 Å². The number of benzene rings is 2. The first kappa shape index (κ1) is 17.4. The minimum absolute atomic E-state index is 0.0164. The van der Waals surface area contributed by atoms with E-state index in [-0.39, 0.29) is 19.4 Å². The smallest absolute Gasteiger partial charge is 0.231 e. The fraction of sp³-hybridized carbons (Fsp3) is 0.409. The van der Waals surface area contributed by atoms with E-state index < -0.39 is 6.04 Å². The van der Waals surface area contributed by atoms with Gasteiger partial charge in [0.15, 0.2) is 28.8 Å². The van der Waals surface area contributed by atoms with E-state index in [4.69, 9.17) is 18.9 Å². The third kappa shape index (κ3) is 3.29. The van der Waals surface area contributed by atoms with Gasteiger partial charge in [-0.25, -0.2) is 0 Å². The molecular weight excluding hydrogens is 358 g/mol. The standard InChI is InChI=1S/C22H23NO5/c24-22(15-7-9-18-20(11-15)28-13-26-18)21(23-16-4-2-1-3-5-16)14-6-8-17-19(10-14)27-12-25-17/h6-11,16,21,23H,1-5,12-13H2. The zero-order chi connectivity index (χ0) is 18.9. The SMILES string of the molecule is O=C(c1ccc2c(c1)OCO2)C(NC1CCCCC1)c1ccc2c(c1)OCO2. The first-order chi connectivity index (χ1) is 13.8. The number of carbonyl (C=O) groups is 1. The van der Waals surface area contributed by atoms with Gasteiger partial charge in [0.1, 0.15) is 0 Å². The average molecular weight is 381 g/mol. The fourth-order valence-corrected chi connectivity index (χ4v) is 4.14. The number of nitrogens with one attached hydrogen (secondary N) is 1. The molecule has 0 spiro atoms. The molecule has 1 aliphatic carbocycles. The van der Waals surface area contributed by atoms with Crippen LogP contribution in [-0.4, -0.2) is 25.4 Å². The number of carbonyl (C=O) groups excluding carboxylic acids is 1. The Morgan fingerprint density at radius 1 is 0.821 bits per heavy atom. The number of hydrogen-bond acceptors (Lipinski definition) is 6. The largest absolute Gasteiger partial charge is 0.454 e. The van der Waals surface area contributed by atoms with Crippen molar-refractivity contribution in [3.05, 3.63) is 47.5 Å². The molecule has 1 fully saturated rings. The maximum Gasteiger partial charge on any atom is 0.231 e. The Morgan fingerprint density at radius 2 is 1.46 bits per heavy atom. The summed E-state index contributed by atoms with van der Waals surface area (Å²) >= 11 is 0. The highest BCUT2D eigenvalue weighted by atomic mass is 16.7. The maximum absolute atomic E-state index is 13.5. The van der Waals surface area contributed by atoms with E-state index in [0.717, 1.165) is 24.2 Å². The van der Waals surface area contributed by atoms with Crippen molar-refractivity contribution in [2.24, 2.45) is 0 Å². The molecule has 1 atom stereocenters. The van der Waals surface area contributed by atoms with E-state index in [1.807, 2.05) is 18.2 Å². The molecule has 0 aromatic heterocycles. The van der Waals surface area contributed by atoms with E-state index in [0.29, 0.717) is 28.9 Å². The van der Waals surface area contributed by atoms with Crippen molar-refractivity contribution >= 4 is 5.78 Å². The lowest BCUT2D eigenvalue weighted by Gasteiger charge is -2.28. The van der Waals surface area contributed by atoms with E-state index in [2.05, 4.69) is 5.32 Å². The summed E-state index contributed by atoms with van der Waals surface area (Å²) in [6.45, 7) is 0.411. The Bertz CT molecular complexity index is 890. The molecule has 1 saturated carbocycles. The van der Waals surface area contributed by atoms with Crippen LogP contribution in [0.5, 0.6) is 23.0 Å². The van der Waals surface area contributed by atoms with Gasteiger partial charge in [0.2, 0.25) is 13.6 Å². The monoisotopic (exact) mass is 381 g/mol. The molecule has 2 aromatic carbocycles. The van der Waals surface area contributed by atoms with Crippen LogP contribution in [0.3, 0.4) is 0 Å². The van der Waals surface area contributed by atoms with Gasteiger partial charge in [0, 0.05) is 11.6 Å². The third-order valence-electron chi connectivity index (χ3n) is 5.66. The zero-order valence-corrected chi connectivity index (χ0v) is 15.6. The van der Waals surface area contributed by atoms with Gasteiger partial charge in [-0.1, -0.05) is 25.3 Å². The van der Waals surface area contributed by atoms with E-state index in [9.17, 15) is 4.79 Å². The number of Topliss-reactive ketones (excluding diaryl/α,β-unsaturated/α-hetero) is 1. The minimum atomic E-state index is -0.446. The summed E-state index contributed by atoms with van der Waals surface area (Å²) in [7, 11) is 0. The lowest BCUT2D eigenvalue weighted by atomic mass is 9.91. The van der Waals surface area contributed by atoms with Crippen molar-refractivity contribution in [3.8, 4) is 23.0 Å². The van der Waals surface area contributed by atoms with Crippen molar-refractivity contribution in [2.75, 3.05) is 13.6 Å². The molecule has 0 radical (unpaired) electrons. The van der Waals surface area contributed by atoms with Gasteiger partial charge in [-0.3, -0.25) is 4.79 Å². The van der Waals surface area contributed by atoms with Crippen LogP contribution >= 0.6 is 0 Å². The van der Waals surface area contributed by atoms with Gasteiger partial charge in [0.05, 0.1) is 6.04 Å². The Balaban J connectivity index is 1.47. The van der Waals surface area contributed by atoms with E-state index >= 15 is 0 Å². The highest BCUT2D eigenvalue weighted by Crippen LogP contribution is 2.37. The Kier molecular flexibility index (Phi) is 4.56. The number of ketones is 1. The molecule has 0 saturated heterocycles. The lowest BCUT2D eigenvalue weighted by Crippen LogP contribution is -2.38. The van der Waals surface area contributed by atoms with Crippen molar-refractivity contribution in [3.63, 3.8) is 0 Å². The summed E-state index contributed by atoms with van der Waals surface area (Å²) < 4.78 is 21.8. The second-order valence-electron chi connectivity index (χ2n) is 7.48. The molecule has 5 rings (SSSR count). The quantitative estimate of drug-likeness (QED) is 0.790. The first-order valence-corrected chi connectivity index (χ1v) is 9.87. The Hall–Kier alpha value is -2.73. The normalized spacial score (nSPS) is 18.9. The molecular formula is C22H23NO5. The zero-order valence-electron chi connectivity index (χ0n) is 15.6. The molecule has 6 nitrogen and oxygen atoms in total. The van der Waals surface area contributed by atoms with Gasteiger partial charge in [0.25, 0.3) is 0 Å². The molecule has 1 N–H and O–H groups in total. The summed E-state index contributed by atoms with van der Waals surface area (Å²) in [5, 5.41) is 3.61. The molecule has 0 bridgehead atoms. The van der Waals surface area contributed by atoms with Crippen LogP contribution in [0.2, 0.25) is 0 Å². The summed E-state index contributed by atoms with van der Waals surface area (Å²) in [5.74, 6) is 2.72. The van der Waals surface area contributed by atoms with Gasteiger partial charge in [-0.05, 0) is 48.7 Å². The van der Waals surface area contributed by atoms with Crippen LogP contribution < -0.4 is 24.3 Å². The molecule has 2 aromatic rings. The Morgan fingerprint density at radius 3 is 2.21 bits per heavy atom. The van der Waals surface area contributed by atoms with Crippen molar-refractivity contribution in [2.45, 2.75) is 44.2 Å². The molecule has 2 heterocycles.